The Balaban J connectivity index is 2.36. The van der Waals surface area contributed by atoms with Gasteiger partial charge in [0, 0.05) is 17.9 Å². The summed E-state index contributed by atoms with van der Waals surface area (Å²) in [6.07, 6.45) is 0.112. The maximum absolute atomic E-state index is 13.1. The van der Waals surface area contributed by atoms with Gasteiger partial charge >= 0.3 is 5.97 Å². The standard InChI is InChI=1S/C22H24O7/c1-11(22(24)25)21-13-8-18(27-3)17(26-2)7-12(13)6-16(23)14-9-19(28-4)20(29-5)10-15(14)21/h7-11,21H,6H2,1-5H3,(H,24,25). The van der Waals surface area contributed by atoms with Crippen LogP contribution in [0.2, 0.25) is 0 Å². The molecule has 1 aliphatic rings. The van der Waals surface area contributed by atoms with Crippen molar-refractivity contribution >= 4 is 11.8 Å². The van der Waals surface area contributed by atoms with Crippen molar-refractivity contribution in [3.8, 4) is 23.0 Å². The summed E-state index contributed by atoms with van der Waals surface area (Å²) >= 11 is 0. The molecule has 154 valence electrons. The minimum Gasteiger partial charge on any atom is -0.493 e. The zero-order valence-corrected chi connectivity index (χ0v) is 17.1. The van der Waals surface area contributed by atoms with Gasteiger partial charge in [0.2, 0.25) is 0 Å². The van der Waals surface area contributed by atoms with Crippen LogP contribution in [-0.4, -0.2) is 45.3 Å². The second-order valence-electron chi connectivity index (χ2n) is 6.90. The van der Waals surface area contributed by atoms with E-state index in [1.54, 1.807) is 31.2 Å². The smallest absolute Gasteiger partial charge is 0.307 e. The zero-order chi connectivity index (χ0) is 21.3. The van der Waals surface area contributed by atoms with Crippen molar-refractivity contribution in [3.63, 3.8) is 0 Å². The van der Waals surface area contributed by atoms with Crippen LogP contribution in [0.4, 0.5) is 0 Å². The van der Waals surface area contributed by atoms with Crippen molar-refractivity contribution in [1.82, 2.24) is 0 Å². The first-order chi connectivity index (χ1) is 13.9. The number of carboxylic acids is 1. The van der Waals surface area contributed by atoms with Crippen LogP contribution >= 0.6 is 0 Å². The van der Waals surface area contributed by atoms with Crippen LogP contribution in [0.1, 0.15) is 39.9 Å². The summed E-state index contributed by atoms with van der Waals surface area (Å²) in [6, 6.07) is 6.83. The van der Waals surface area contributed by atoms with Gasteiger partial charge in [0.15, 0.2) is 28.8 Å². The van der Waals surface area contributed by atoms with Crippen molar-refractivity contribution in [2.45, 2.75) is 19.3 Å². The number of ketones is 1. The molecule has 0 bridgehead atoms. The van der Waals surface area contributed by atoms with E-state index >= 15 is 0 Å². The molecule has 0 aromatic heterocycles. The van der Waals surface area contributed by atoms with Crippen LogP contribution in [0.15, 0.2) is 24.3 Å². The van der Waals surface area contributed by atoms with Crippen molar-refractivity contribution in [2.75, 3.05) is 28.4 Å². The highest BCUT2D eigenvalue weighted by atomic mass is 16.5. The molecule has 0 heterocycles. The predicted octanol–water partition coefficient (Wildman–Crippen LogP) is 3.31. The second kappa shape index (κ2) is 8.03. The van der Waals surface area contributed by atoms with E-state index in [0.29, 0.717) is 39.7 Å². The Morgan fingerprint density at radius 1 is 0.897 bits per heavy atom. The van der Waals surface area contributed by atoms with Gasteiger partial charge in [0.25, 0.3) is 0 Å². The molecular weight excluding hydrogens is 376 g/mol. The van der Waals surface area contributed by atoms with Gasteiger partial charge in [0.1, 0.15) is 0 Å². The second-order valence-corrected chi connectivity index (χ2v) is 6.90. The number of carboxylic acid groups (broad SMARTS) is 1. The van der Waals surface area contributed by atoms with Gasteiger partial charge in [-0.1, -0.05) is 6.92 Å². The summed E-state index contributed by atoms with van der Waals surface area (Å²) in [7, 11) is 6.03. The molecular formula is C22H24O7. The molecule has 1 aliphatic carbocycles. The van der Waals surface area contributed by atoms with Gasteiger partial charge in [-0.3, -0.25) is 9.59 Å². The Kier molecular flexibility index (Phi) is 5.68. The van der Waals surface area contributed by atoms with Gasteiger partial charge in [-0.25, -0.2) is 0 Å². The molecule has 2 aromatic rings. The van der Waals surface area contributed by atoms with Crippen LogP contribution < -0.4 is 18.9 Å². The molecule has 29 heavy (non-hydrogen) atoms. The first kappa shape index (κ1) is 20.5. The fourth-order valence-corrected chi connectivity index (χ4v) is 3.89. The highest BCUT2D eigenvalue weighted by Crippen LogP contribution is 2.46. The van der Waals surface area contributed by atoms with Crippen LogP contribution in [0, 0.1) is 5.92 Å². The third-order valence-corrected chi connectivity index (χ3v) is 5.41. The molecule has 0 radical (unpaired) electrons. The topological polar surface area (TPSA) is 91.3 Å². The largest absolute Gasteiger partial charge is 0.493 e. The van der Waals surface area contributed by atoms with E-state index in [-0.39, 0.29) is 12.2 Å². The zero-order valence-electron chi connectivity index (χ0n) is 17.1. The number of methoxy groups -OCH3 is 4. The lowest BCUT2D eigenvalue weighted by atomic mass is 9.79. The number of fused-ring (bicyclic) bond motifs is 2. The van der Waals surface area contributed by atoms with E-state index in [0.717, 1.165) is 5.56 Å². The lowest BCUT2D eigenvalue weighted by Gasteiger charge is -2.25. The summed E-state index contributed by atoms with van der Waals surface area (Å²) < 4.78 is 21.6. The molecule has 0 amide bonds. The highest BCUT2D eigenvalue weighted by molar-refractivity contribution is 6.01. The summed E-state index contributed by atoms with van der Waals surface area (Å²) in [4.78, 5) is 25.1. The molecule has 0 saturated heterocycles. The van der Waals surface area contributed by atoms with Gasteiger partial charge in [0.05, 0.1) is 34.4 Å². The van der Waals surface area contributed by atoms with E-state index in [9.17, 15) is 14.7 Å². The van der Waals surface area contributed by atoms with E-state index in [4.69, 9.17) is 18.9 Å². The summed E-state index contributed by atoms with van der Waals surface area (Å²) in [5, 5.41) is 9.80. The minimum absolute atomic E-state index is 0.112. The van der Waals surface area contributed by atoms with Crippen molar-refractivity contribution in [1.29, 1.82) is 0 Å². The minimum atomic E-state index is -0.967. The average molecular weight is 400 g/mol. The van der Waals surface area contributed by atoms with Crippen LogP contribution in [0.3, 0.4) is 0 Å². The van der Waals surface area contributed by atoms with E-state index in [1.165, 1.54) is 28.4 Å². The number of aliphatic carboxylic acids is 1. The molecule has 7 nitrogen and oxygen atoms in total. The van der Waals surface area contributed by atoms with Crippen LogP contribution in [0.5, 0.6) is 23.0 Å². The molecule has 0 aliphatic heterocycles. The van der Waals surface area contributed by atoms with Crippen molar-refractivity contribution in [3.05, 3.63) is 46.5 Å². The fraction of sp³-hybridized carbons (Fsp3) is 0.364. The van der Waals surface area contributed by atoms with Crippen LogP contribution in [0.25, 0.3) is 0 Å². The molecule has 0 spiro atoms. The first-order valence-corrected chi connectivity index (χ1v) is 9.12. The normalized spacial score (nSPS) is 16.2. The SMILES string of the molecule is COc1cc2c(cc1OC)C(C(C)C(=O)O)c1cc(OC)c(OC)cc1C(=O)C2. The molecule has 7 heteroatoms. The highest BCUT2D eigenvalue weighted by Gasteiger charge is 2.36. The number of Topliss-reactive ketones (excluding diaryl/α,β-unsaturated/α-hetero) is 1. The Morgan fingerprint density at radius 3 is 1.90 bits per heavy atom. The third kappa shape index (κ3) is 3.48. The van der Waals surface area contributed by atoms with Gasteiger partial charge < -0.3 is 24.1 Å². The summed E-state index contributed by atoms with van der Waals surface area (Å²) in [6.45, 7) is 1.63. The number of benzene rings is 2. The first-order valence-electron chi connectivity index (χ1n) is 9.12. The van der Waals surface area contributed by atoms with Gasteiger partial charge in [-0.2, -0.15) is 0 Å². The number of carbonyl (C=O) groups excluding carboxylic acids is 1. The Hall–Kier alpha value is -3.22. The number of ether oxygens (including phenoxy) is 4. The van der Waals surface area contributed by atoms with Gasteiger partial charge in [-0.15, -0.1) is 0 Å². The van der Waals surface area contributed by atoms with Crippen molar-refractivity contribution in [2.24, 2.45) is 5.92 Å². The maximum Gasteiger partial charge on any atom is 0.307 e. The van der Waals surface area contributed by atoms with Crippen LogP contribution in [-0.2, 0) is 11.2 Å². The van der Waals surface area contributed by atoms with E-state index in [2.05, 4.69) is 0 Å². The average Bonchev–Trinajstić information content (AvgIpc) is 2.84. The lowest BCUT2D eigenvalue weighted by molar-refractivity contribution is -0.141. The molecule has 2 atom stereocenters. The molecule has 0 saturated carbocycles. The molecule has 0 fully saturated rings. The van der Waals surface area contributed by atoms with Gasteiger partial charge in [-0.05, 0) is 41.0 Å². The quantitative estimate of drug-likeness (QED) is 0.795. The number of hydrogen-bond acceptors (Lipinski definition) is 6. The molecule has 2 unspecified atom stereocenters. The monoisotopic (exact) mass is 400 g/mol. The van der Waals surface area contributed by atoms with Crippen molar-refractivity contribution < 1.29 is 33.6 Å². The summed E-state index contributed by atoms with van der Waals surface area (Å²) in [5.74, 6) is -0.654. The summed E-state index contributed by atoms with van der Waals surface area (Å²) in [5.41, 5.74) is 2.44. The number of hydrogen-bond donors (Lipinski definition) is 1. The number of carbonyl (C=O) groups is 2. The molecule has 3 rings (SSSR count). The maximum atomic E-state index is 13.1. The Bertz CT molecular complexity index is 964. The Morgan fingerprint density at radius 2 is 1.38 bits per heavy atom. The molecule has 1 N–H and O–H groups in total. The number of rotatable bonds is 6. The van der Waals surface area contributed by atoms with E-state index < -0.39 is 17.8 Å². The molecule has 2 aromatic carbocycles. The predicted molar refractivity (Wildman–Crippen MR) is 106 cm³/mol. The lowest BCUT2D eigenvalue weighted by Crippen LogP contribution is -2.21. The third-order valence-electron chi connectivity index (χ3n) is 5.41. The fourth-order valence-electron chi connectivity index (χ4n) is 3.89. The van der Waals surface area contributed by atoms with E-state index in [1.807, 2.05) is 0 Å². The Labute approximate surface area is 169 Å².